The minimum atomic E-state index is -0.456. The van der Waals surface area contributed by atoms with Gasteiger partial charge in [0.25, 0.3) is 0 Å². The maximum atomic E-state index is 13.7. The van der Waals surface area contributed by atoms with E-state index in [1.54, 1.807) is 11.0 Å². The number of nitrogens with two attached hydrogens (primary N) is 1. The third kappa shape index (κ3) is 3.48. The lowest BCUT2D eigenvalue weighted by atomic mass is 10.1. The monoisotopic (exact) mass is 300 g/mol. The maximum Gasteiger partial charge on any atom is 0.227 e. The number of hydrogen-bond acceptors (Lipinski definition) is 3. The van der Waals surface area contributed by atoms with E-state index < -0.39 is 5.82 Å². The maximum absolute atomic E-state index is 13.7. The molecular formula is C14H18ClFN2O2. The van der Waals surface area contributed by atoms with E-state index in [0.29, 0.717) is 19.7 Å². The van der Waals surface area contributed by atoms with Gasteiger partial charge in [-0.1, -0.05) is 17.7 Å². The molecule has 0 radical (unpaired) electrons. The molecule has 1 heterocycles. The van der Waals surface area contributed by atoms with Crippen molar-refractivity contribution in [1.29, 1.82) is 0 Å². The Bertz CT molecular complexity index is 476. The molecule has 2 unspecified atom stereocenters. The Balaban J connectivity index is 2.05. The van der Waals surface area contributed by atoms with Gasteiger partial charge in [0, 0.05) is 29.7 Å². The highest BCUT2D eigenvalue weighted by molar-refractivity contribution is 6.31. The normalized spacial score (nSPS) is 20.8. The third-order valence-electron chi connectivity index (χ3n) is 3.42. The highest BCUT2D eigenvalue weighted by Gasteiger charge is 2.27. The predicted octanol–water partition coefficient (Wildman–Crippen LogP) is 1.60. The molecule has 0 bridgehead atoms. The van der Waals surface area contributed by atoms with E-state index in [1.165, 1.54) is 12.1 Å². The Morgan fingerprint density at radius 3 is 3.05 bits per heavy atom. The molecule has 1 aliphatic heterocycles. The molecule has 110 valence electrons. The summed E-state index contributed by atoms with van der Waals surface area (Å²) in [6.07, 6.45) is -0.222. The largest absolute Gasteiger partial charge is 0.373 e. The lowest BCUT2D eigenvalue weighted by Crippen LogP contribution is -2.51. The zero-order valence-electron chi connectivity index (χ0n) is 11.3. The van der Waals surface area contributed by atoms with Gasteiger partial charge in [-0.3, -0.25) is 4.79 Å². The molecule has 4 nitrogen and oxygen atoms in total. The number of hydrogen-bond donors (Lipinski definition) is 1. The Morgan fingerprint density at radius 1 is 1.65 bits per heavy atom. The van der Waals surface area contributed by atoms with Gasteiger partial charge in [0.15, 0.2) is 0 Å². The summed E-state index contributed by atoms with van der Waals surface area (Å²) in [6, 6.07) is 4.25. The smallest absolute Gasteiger partial charge is 0.227 e. The lowest BCUT2D eigenvalue weighted by molar-refractivity contribution is -0.138. The van der Waals surface area contributed by atoms with Crippen molar-refractivity contribution in [2.45, 2.75) is 25.5 Å². The van der Waals surface area contributed by atoms with Gasteiger partial charge in [-0.15, -0.1) is 0 Å². The van der Waals surface area contributed by atoms with Crippen LogP contribution in [0.4, 0.5) is 4.39 Å². The number of benzene rings is 1. The van der Waals surface area contributed by atoms with Crippen LogP contribution in [0, 0.1) is 5.82 Å². The van der Waals surface area contributed by atoms with Crippen molar-refractivity contribution in [3.8, 4) is 0 Å². The minimum Gasteiger partial charge on any atom is -0.373 e. The fourth-order valence-corrected chi connectivity index (χ4v) is 2.41. The number of amides is 1. The number of rotatable bonds is 3. The molecule has 1 fully saturated rings. The van der Waals surface area contributed by atoms with Crippen molar-refractivity contribution in [3.63, 3.8) is 0 Å². The first-order chi connectivity index (χ1) is 9.49. The molecule has 1 amide bonds. The van der Waals surface area contributed by atoms with Crippen molar-refractivity contribution in [3.05, 3.63) is 34.6 Å². The van der Waals surface area contributed by atoms with Gasteiger partial charge < -0.3 is 15.4 Å². The zero-order valence-corrected chi connectivity index (χ0v) is 12.1. The highest BCUT2D eigenvalue weighted by atomic mass is 35.5. The van der Waals surface area contributed by atoms with E-state index in [-0.39, 0.29) is 35.1 Å². The Kier molecular flexibility index (Phi) is 4.96. The number of carbonyl (C=O) groups is 1. The predicted molar refractivity (Wildman–Crippen MR) is 75.1 cm³/mol. The summed E-state index contributed by atoms with van der Waals surface area (Å²) in [6.45, 7) is 3.21. The van der Waals surface area contributed by atoms with Crippen LogP contribution >= 0.6 is 11.6 Å². The molecule has 0 aromatic heterocycles. The van der Waals surface area contributed by atoms with Crippen LogP contribution in [0.3, 0.4) is 0 Å². The summed E-state index contributed by atoms with van der Waals surface area (Å²) in [5.74, 6) is -0.617. The van der Waals surface area contributed by atoms with E-state index in [1.807, 2.05) is 6.92 Å². The summed E-state index contributed by atoms with van der Waals surface area (Å²) >= 11 is 5.94. The van der Waals surface area contributed by atoms with E-state index in [2.05, 4.69) is 0 Å². The Morgan fingerprint density at radius 2 is 2.40 bits per heavy atom. The van der Waals surface area contributed by atoms with Gasteiger partial charge in [0.05, 0.1) is 19.1 Å². The second-order valence-corrected chi connectivity index (χ2v) is 5.39. The average Bonchev–Trinajstić information content (AvgIpc) is 2.43. The third-order valence-corrected chi connectivity index (χ3v) is 3.78. The SMILES string of the molecule is CC(N)C1CN(C(=O)Cc2c(F)cccc2Cl)CCO1. The quantitative estimate of drug-likeness (QED) is 0.922. The number of carbonyl (C=O) groups excluding carboxylic acids is 1. The van der Waals surface area contributed by atoms with Gasteiger partial charge in [-0.05, 0) is 19.1 Å². The topological polar surface area (TPSA) is 55.6 Å². The van der Waals surface area contributed by atoms with Crippen molar-refractivity contribution in [2.75, 3.05) is 19.7 Å². The molecule has 0 spiro atoms. The molecule has 1 saturated heterocycles. The van der Waals surface area contributed by atoms with Crippen molar-refractivity contribution in [2.24, 2.45) is 5.73 Å². The van der Waals surface area contributed by atoms with Crippen LogP contribution in [0.1, 0.15) is 12.5 Å². The number of halogens is 2. The summed E-state index contributed by atoms with van der Waals surface area (Å²) < 4.78 is 19.2. The first-order valence-electron chi connectivity index (χ1n) is 6.57. The first-order valence-corrected chi connectivity index (χ1v) is 6.94. The number of ether oxygens (including phenoxy) is 1. The molecule has 0 saturated carbocycles. The van der Waals surface area contributed by atoms with E-state index in [0.717, 1.165) is 0 Å². The Labute approximate surface area is 122 Å². The molecule has 20 heavy (non-hydrogen) atoms. The highest BCUT2D eigenvalue weighted by Crippen LogP contribution is 2.20. The van der Waals surface area contributed by atoms with Crippen LogP contribution in [-0.2, 0) is 16.0 Å². The standard InChI is InChI=1S/C14H18ClFN2O2/c1-9(17)13-8-18(5-6-20-13)14(19)7-10-11(15)3-2-4-12(10)16/h2-4,9,13H,5-8,17H2,1H3. The molecule has 2 atom stereocenters. The fraction of sp³-hybridized carbons (Fsp3) is 0.500. The van der Waals surface area contributed by atoms with Crippen LogP contribution in [0.2, 0.25) is 5.02 Å². The van der Waals surface area contributed by atoms with Gasteiger partial charge in [0.1, 0.15) is 5.82 Å². The molecule has 1 aliphatic rings. The molecule has 6 heteroatoms. The molecule has 2 N–H and O–H groups in total. The summed E-state index contributed by atoms with van der Waals surface area (Å²) in [4.78, 5) is 13.9. The van der Waals surface area contributed by atoms with Crippen LogP contribution in [0.5, 0.6) is 0 Å². The second-order valence-electron chi connectivity index (χ2n) is 4.99. The first kappa shape index (κ1) is 15.2. The summed E-state index contributed by atoms with van der Waals surface area (Å²) in [7, 11) is 0. The van der Waals surface area contributed by atoms with Gasteiger partial charge in [-0.25, -0.2) is 4.39 Å². The minimum absolute atomic E-state index is 0.0445. The van der Waals surface area contributed by atoms with Crippen molar-refractivity contribution < 1.29 is 13.9 Å². The molecule has 2 rings (SSSR count). The van der Waals surface area contributed by atoms with E-state index in [9.17, 15) is 9.18 Å². The molecule has 1 aromatic rings. The van der Waals surface area contributed by atoms with Crippen molar-refractivity contribution >= 4 is 17.5 Å². The van der Waals surface area contributed by atoms with Gasteiger partial charge >= 0.3 is 0 Å². The molecular weight excluding hydrogens is 283 g/mol. The second kappa shape index (κ2) is 6.52. The van der Waals surface area contributed by atoms with Crippen LogP contribution in [0.15, 0.2) is 18.2 Å². The zero-order chi connectivity index (χ0) is 14.7. The molecule has 0 aliphatic carbocycles. The summed E-state index contributed by atoms with van der Waals surface area (Å²) in [5, 5.41) is 0.273. The number of nitrogens with zero attached hydrogens (tertiary/aromatic N) is 1. The van der Waals surface area contributed by atoms with E-state index >= 15 is 0 Å². The van der Waals surface area contributed by atoms with Crippen molar-refractivity contribution in [1.82, 2.24) is 4.90 Å². The lowest BCUT2D eigenvalue weighted by Gasteiger charge is -2.34. The van der Waals surface area contributed by atoms with Crippen LogP contribution < -0.4 is 5.73 Å². The fourth-order valence-electron chi connectivity index (χ4n) is 2.18. The molecule has 1 aromatic carbocycles. The van der Waals surface area contributed by atoms with Gasteiger partial charge in [0.2, 0.25) is 5.91 Å². The number of morpholine rings is 1. The summed E-state index contributed by atoms with van der Waals surface area (Å²) in [5.41, 5.74) is 6.03. The Hall–Kier alpha value is -1.17. The van der Waals surface area contributed by atoms with Crippen LogP contribution in [0.25, 0.3) is 0 Å². The average molecular weight is 301 g/mol. The van der Waals surface area contributed by atoms with Gasteiger partial charge in [-0.2, -0.15) is 0 Å². The van der Waals surface area contributed by atoms with Crippen LogP contribution in [-0.4, -0.2) is 42.6 Å². The van der Waals surface area contributed by atoms with E-state index in [4.69, 9.17) is 22.1 Å².